The van der Waals surface area contributed by atoms with E-state index in [0.29, 0.717) is 56.5 Å². The number of para-hydroxylation sites is 1. The molecule has 2 heterocycles. The van der Waals surface area contributed by atoms with Crippen LogP contribution in [0.2, 0.25) is 0 Å². The van der Waals surface area contributed by atoms with E-state index in [-0.39, 0.29) is 29.6 Å². The third-order valence-electron chi connectivity index (χ3n) is 7.82. The first-order valence-electron chi connectivity index (χ1n) is 14.5. The van der Waals surface area contributed by atoms with Gasteiger partial charge in [-0.25, -0.2) is 8.42 Å². The normalized spacial score (nSPS) is 18.4. The number of piperidine rings is 1. The van der Waals surface area contributed by atoms with Crippen LogP contribution >= 0.6 is 0 Å². The van der Waals surface area contributed by atoms with Gasteiger partial charge in [-0.1, -0.05) is 44.7 Å². The maximum Gasteiger partial charge on any atom is 0.303 e. The quantitative estimate of drug-likeness (QED) is 0.120. The zero-order valence-corrected chi connectivity index (χ0v) is 24.4. The van der Waals surface area contributed by atoms with Gasteiger partial charge >= 0.3 is 5.97 Å². The summed E-state index contributed by atoms with van der Waals surface area (Å²) in [6.45, 7) is 4.30. The Labute approximate surface area is 238 Å². The van der Waals surface area contributed by atoms with Gasteiger partial charge in [0.25, 0.3) is 0 Å². The van der Waals surface area contributed by atoms with Crippen molar-refractivity contribution >= 4 is 33.5 Å². The van der Waals surface area contributed by atoms with Gasteiger partial charge in [0.05, 0.1) is 5.69 Å². The van der Waals surface area contributed by atoms with Crippen LogP contribution in [-0.2, 0) is 26.0 Å². The minimum atomic E-state index is -3.97. The van der Waals surface area contributed by atoms with E-state index in [1.54, 1.807) is 17.0 Å². The molecule has 224 valence electrons. The van der Waals surface area contributed by atoms with Gasteiger partial charge in [-0.05, 0) is 62.0 Å². The smallest absolute Gasteiger partial charge is 0.303 e. The monoisotopic (exact) mass is 578 g/mol. The second kappa shape index (κ2) is 15.2. The third-order valence-corrected chi connectivity index (χ3v) is 9.33. The van der Waals surface area contributed by atoms with Crippen LogP contribution in [0.4, 0.5) is 5.69 Å². The molecule has 1 saturated heterocycles. The number of guanidine groups is 1. The molecule has 11 nitrogen and oxygen atoms in total. The summed E-state index contributed by atoms with van der Waals surface area (Å²) in [7, 11) is -3.97. The predicted octanol–water partition coefficient (Wildman–Crippen LogP) is 2.66. The third kappa shape index (κ3) is 9.65. The number of nitrogens with one attached hydrogen (secondary N) is 2. The Morgan fingerprint density at radius 3 is 2.58 bits per heavy atom. The molecule has 1 aromatic carbocycles. The van der Waals surface area contributed by atoms with E-state index in [0.717, 1.165) is 50.5 Å². The molecule has 0 aliphatic carbocycles. The highest BCUT2D eigenvalue weighted by atomic mass is 32.2. The number of hydrogen-bond donors (Lipinski definition) is 5. The summed E-state index contributed by atoms with van der Waals surface area (Å²) in [6.07, 6.45) is 8.28. The van der Waals surface area contributed by atoms with Crippen LogP contribution in [0.25, 0.3) is 0 Å². The van der Waals surface area contributed by atoms with Gasteiger partial charge in [-0.3, -0.25) is 14.6 Å². The molecule has 1 aromatic rings. The number of nitrogens with zero attached hydrogens (tertiary/aromatic N) is 2. The molecule has 1 amide bonds. The van der Waals surface area contributed by atoms with Crippen LogP contribution < -0.4 is 21.5 Å². The molecule has 1 fully saturated rings. The second-order valence-corrected chi connectivity index (χ2v) is 12.9. The highest BCUT2D eigenvalue weighted by Gasteiger charge is 2.33. The van der Waals surface area contributed by atoms with Crippen LogP contribution in [-0.4, -0.2) is 68.5 Å². The Balaban J connectivity index is 1.61. The van der Waals surface area contributed by atoms with Crippen molar-refractivity contribution in [3.8, 4) is 0 Å². The van der Waals surface area contributed by atoms with Crippen molar-refractivity contribution in [1.29, 1.82) is 0 Å². The number of carbonyl (C=O) groups is 2. The summed E-state index contributed by atoms with van der Waals surface area (Å²) in [5.41, 5.74) is 12.4. The van der Waals surface area contributed by atoms with E-state index < -0.39 is 22.0 Å². The van der Waals surface area contributed by atoms with E-state index >= 15 is 0 Å². The first-order valence-corrected chi connectivity index (χ1v) is 16.0. The fourth-order valence-electron chi connectivity index (χ4n) is 5.61. The van der Waals surface area contributed by atoms with Crippen LogP contribution in [0.5, 0.6) is 0 Å². The first kappa shape index (κ1) is 31.7. The Kier molecular flexibility index (Phi) is 12.1. The lowest BCUT2D eigenvalue weighted by atomic mass is 9.90. The summed E-state index contributed by atoms with van der Waals surface area (Å²) < 4.78 is 29.9. The Bertz CT molecular complexity index is 1130. The number of nitrogens with two attached hydrogens (primary N) is 2. The van der Waals surface area contributed by atoms with E-state index in [1.165, 1.54) is 0 Å². The number of anilines is 1. The van der Waals surface area contributed by atoms with Gasteiger partial charge in [0.1, 0.15) is 10.9 Å². The molecule has 0 spiro atoms. The summed E-state index contributed by atoms with van der Waals surface area (Å²) >= 11 is 0. The molecule has 0 saturated carbocycles. The molecule has 40 heavy (non-hydrogen) atoms. The van der Waals surface area contributed by atoms with E-state index in [4.69, 9.17) is 16.6 Å². The highest BCUT2D eigenvalue weighted by molar-refractivity contribution is 7.89. The average molecular weight is 579 g/mol. The Morgan fingerprint density at radius 1 is 1.15 bits per heavy atom. The first-order chi connectivity index (χ1) is 19.1. The van der Waals surface area contributed by atoms with Gasteiger partial charge in [0.15, 0.2) is 5.96 Å². The Morgan fingerprint density at radius 2 is 1.88 bits per heavy atom. The number of hydrogen-bond acceptors (Lipinski definition) is 6. The highest BCUT2D eigenvalue weighted by Crippen LogP contribution is 2.31. The van der Waals surface area contributed by atoms with E-state index in [9.17, 15) is 18.0 Å². The number of likely N-dealkylation sites (tertiary alicyclic amines) is 1. The molecule has 7 N–H and O–H groups in total. The van der Waals surface area contributed by atoms with Crippen molar-refractivity contribution in [2.24, 2.45) is 28.3 Å². The molecule has 3 rings (SSSR count). The number of sulfonamides is 1. The number of aliphatic imine (C=N–C) groups is 1. The average Bonchev–Trinajstić information content (AvgIpc) is 2.91. The number of carboxylic acid groups (broad SMARTS) is 1. The fraction of sp³-hybridized carbons (Fsp3) is 0.679. The van der Waals surface area contributed by atoms with E-state index in [1.807, 2.05) is 6.07 Å². The molecular weight excluding hydrogens is 532 g/mol. The van der Waals surface area contributed by atoms with Crippen molar-refractivity contribution in [2.75, 3.05) is 31.5 Å². The van der Waals surface area contributed by atoms with Crippen molar-refractivity contribution in [2.45, 2.75) is 88.5 Å². The van der Waals surface area contributed by atoms with Gasteiger partial charge in [-0.2, -0.15) is 4.72 Å². The topological polar surface area (TPSA) is 180 Å². The summed E-state index contributed by atoms with van der Waals surface area (Å²) in [5, 5.41) is 12.0. The van der Waals surface area contributed by atoms with Crippen LogP contribution in [0.3, 0.4) is 0 Å². The van der Waals surface area contributed by atoms with Crippen LogP contribution in [0.15, 0.2) is 28.1 Å². The van der Waals surface area contributed by atoms with Gasteiger partial charge in [0.2, 0.25) is 15.9 Å². The molecule has 2 aliphatic rings. The van der Waals surface area contributed by atoms with Crippen molar-refractivity contribution in [1.82, 2.24) is 9.62 Å². The zero-order chi connectivity index (χ0) is 29.1. The minimum absolute atomic E-state index is 0.0383. The van der Waals surface area contributed by atoms with Crippen molar-refractivity contribution < 1.29 is 23.1 Å². The summed E-state index contributed by atoms with van der Waals surface area (Å²) in [6, 6.07) is 4.36. The number of benzene rings is 1. The maximum atomic E-state index is 13.6. The van der Waals surface area contributed by atoms with E-state index in [2.05, 4.69) is 22.0 Å². The van der Waals surface area contributed by atoms with Crippen LogP contribution in [0, 0.1) is 11.8 Å². The standard InChI is InChI=1S/C28H46N6O5S/c1-20-18-22-9-6-11-24(26(22)32-19-20)40(38,39)33-23(10-7-15-31-28(29)30)27(37)34-16-13-21(14-17-34)8-4-2-3-5-12-25(35)36/h6,9,11,20-21,23,32-33H,2-5,7-8,10,12-19H2,1H3,(H,35,36)(H4,29,30,31). The summed E-state index contributed by atoms with van der Waals surface area (Å²) in [5.74, 6) is -0.0771. The number of carbonyl (C=O) groups excluding carboxylic acids is 1. The molecule has 12 heteroatoms. The lowest BCUT2D eigenvalue weighted by molar-refractivity contribution is -0.137. The number of amides is 1. The molecular formula is C28H46N6O5S. The number of rotatable bonds is 15. The minimum Gasteiger partial charge on any atom is -0.481 e. The molecule has 0 bridgehead atoms. The van der Waals surface area contributed by atoms with Gasteiger partial charge < -0.3 is 26.8 Å². The van der Waals surface area contributed by atoms with Gasteiger partial charge in [-0.15, -0.1) is 0 Å². The molecule has 2 atom stereocenters. The molecule has 0 radical (unpaired) electrons. The lowest BCUT2D eigenvalue weighted by Crippen LogP contribution is -2.50. The van der Waals surface area contributed by atoms with Gasteiger partial charge in [0, 0.05) is 32.6 Å². The SMILES string of the molecule is CC1CNc2c(cccc2S(=O)(=O)NC(CCCN=C(N)N)C(=O)N2CCC(CCCCCCC(=O)O)CC2)C1. The molecule has 2 aliphatic heterocycles. The number of carboxylic acids is 1. The predicted molar refractivity (Wildman–Crippen MR) is 156 cm³/mol. The van der Waals surface area contributed by atoms with Crippen molar-refractivity contribution in [3.63, 3.8) is 0 Å². The number of aliphatic carboxylic acids is 1. The second-order valence-electron chi connectivity index (χ2n) is 11.2. The largest absolute Gasteiger partial charge is 0.481 e. The number of fused-ring (bicyclic) bond motifs is 1. The van der Waals surface area contributed by atoms with Crippen LogP contribution in [0.1, 0.15) is 76.7 Å². The fourth-order valence-corrected chi connectivity index (χ4v) is 7.06. The lowest BCUT2D eigenvalue weighted by Gasteiger charge is -2.34. The molecule has 0 aromatic heterocycles. The summed E-state index contributed by atoms with van der Waals surface area (Å²) in [4.78, 5) is 30.2. The molecule has 2 unspecified atom stereocenters. The zero-order valence-electron chi connectivity index (χ0n) is 23.6. The van der Waals surface area contributed by atoms with Crippen molar-refractivity contribution in [3.05, 3.63) is 23.8 Å². The maximum absolute atomic E-state index is 13.6. The number of unbranched alkanes of at least 4 members (excludes halogenated alkanes) is 3. The Hall–Kier alpha value is -2.86.